The van der Waals surface area contributed by atoms with Crippen molar-refractivity contribution in [1.29, 1.82) is 0 Å². The Morgan fingerprint density at radius 1 is 0.586 bits per heavy atom. The van der Waals surface area contributed by atoms with Crippen molar-refractivity contribution < 1.29 is 15.9 Å². The summed E-state index contributed by atoms with van der Waals surface area (Å²) in [5, 5.41) is 1.50. The van der Waals surface area contributed by atoms with E-state index in [2.05, 4.69) is 107 Å². The van der Waals surface area contributed by atoms with E-state index in [-0.39, 0.29) is 31.8 Å². The second-order valence-corrected chi connectivity index (χ2v) is 21.7. The molecule has 0 saturated heterocycles. The molecule has 0 aromatic heterocycles. The van der Waals surface area contributed by atoms with Crippen LogP contribution in [0.3, 0.4) is 0 Å². The second kappa shape index (κ2) is 12.0. The summed E-state index contributed by atoms with van der Waals surface area (Å²) in [6, 6.07) is 9.30. The van der Waals surface area contributed by atoms with Crippen LogP contribution in [-0.2, 0) is 28.3 Å². The molecule has 0 spiro atoms. The summed E-state index contributed by atoms with van der Waals surface area (Å²) >= 11 is -0.106. The van der Waals surface area contributed by atoms with Crippen molar-refractivity contribution in [3.63, 3.8) is 0 Å². The average molecular weight is 572 g/mol. The van der Waals surface area contributed by atoms with Gasteiger partial charge in [-0.15, -0.1) is 0 Å². The number of hydrogen-bond donors (Lipinski definition) is 0. The number of rotatable bonds is 4. The van der Waals surface area contributed by atoms with Crippen molar-refractivity contribution in [1.82, 2.24) is 0 Å². The number of hydrogen-bond acceptors (Lipinski definition) is 0. The molecule has 0 unspecified atom stereocenters. The van der Waals surface area contributed by atoms with Crippen molar-refractivity contribution >= 4 is 34.9 Å². The Hall–Kier alpha value is 1.32. The van der Waals surface area contributed by atoms with Gasteiger partial charge in [-0.05, 0) is 44.1 Å². The van der Waals surface area contributed by atoms with Crippen molar-refractivity contribution in [2.45, 2.75) is 116 Å². The Balaban J connectivity index is 0.00000245. The van der Waals surface area contributed by atoms with Gasteiger partial charge < -0.3 is 0 Å². The first kappa shape index (κ1) is 30.3. The van der Waals surface area contributed by atoms with Gasteiger partial charge in [0, 0.05) is 0 Å². The molecule has 0 bridgehead atoms. The van der Waals surface area contributed by atoms with E-state index in [1.807, 2.05) is 0 Å². The van der Waals surface area contributed by atoms with Crippen molar-refractivity contribution in [2.24, 2.45) is 0 Å². The van der Waals surface area contributed by atoms with Gasteiger partial charge in [0.2, 0.25) is 0 Å². The zero-order chi connectivity index (χ0) is 23.3. The van der Waals surface area contributed by atoms with E-state index in [0.717, 1.165) is 0 Å². The van der Waals surface area contributed by atoms with Crippen LogP contribution in [0.1, 0.15) is 94.2 Å². The summed E-state index contributed by atoms with van der Waals surface area (Å²) in [5.74, 6) is 0. The van der Waals surface area contributed by atoms with Gasteiger partial charge in [0.05, 0.1) is 0 Å². The van der Waals surface area contributed by atoms with Gasteiger partial charge in [-0.25, -0.2) is 0 Å². The summed E-state index contributed by atoms with van der Waals surface area (Å²) < 4.78 is 0. The van der Waals surface area contributed by atoms with E-state index < -0.39 is 0 Å². The van der Waals surface area contributed by atoms with E-state index >= 15 is 0 Å². The average Bonchev–Trinajstić information content (AvgIpc) is 2.47. The molecule has 5 heteroatoms. The monoisotopic (exact) mass is 570 g/mol. The predicted octanol–water partition coefficient (Wildman–Crippen LogP) is 10.2. The third kappa shape index (κ3) is 11.1. The standard InChI is InChI=1S/C24H44P2.2ClH.Pd/c1-21(2,3)25(22(4,5)6)17-19-15-13-14-16-20(19)18-26(23(7,8)9)24(10,11)12;;;/h13-16H,17-18H2,1-12H3;2*1H;/q;;;+2/p-2. The van der Waals surface area contributed by atoms with E-state index in [9.17, 15) is 0 Å². The number of benzene rings is 1. The fourth-order valence-electron chi connectivity index (χ4n) is 4.17. The first-order chi connectivity index (χ1) is 12.9. The van der Waals surface area contributed by atoms with Crippen LogP contribution in [0.2, 0.25) is 0 Å². The third-order valence-electron chi connectivity index (χ3n) is 5.01. The minimum atomic E-state index is -0.109. The molecule has 0 atom stereocenters. The van der Waals surface area contributed by atoms with Crippen molar-refractivity contribution in [3.8, 4) is 0 Å². The van der Waals surface area contributed by atoms with Crippen LogP contribution in [-0.4, -0.2) is 20.6 Å². The van der Waals surface area contributed by atoms with E-state index in [4.69, 9.17) is 19.1 Å². The van der Waals surface area contributed by atoms with Gasteiger partial charge in [0.1, 0.15) is 0 Å². The van der Waals surface area contributed by atoms with Crippen LogP contribution in [0.5, 0.6) is 0 Å². The summed E-state index contributed by atoms with van der Waals surface area (Å²) in [5.41, 5.74) is 3.20. The fraction of sp³-hybridized carbons (Fsp3) is 0.750. The fourth-order valence-corrected chi connectivity index (χ4v) is 11.4. The molecule has 29 heavy (non-hydrogen) atoms. The molecule has 174 valence electrons. The van der Waals surface area contributed by atoms with Crippen LogP contribution < -0.4 is 0 Å². The molecule has 0 N–H and O–H groups in total. The SMILES string of the molecule is CC(C)(C)P(Cc1ccccc1CP(C(C)(C)C)C(C)(C)C)C(C)(C)C.[Cl][Pd][Cl]. The van der Waals surface area contributed by atoms with E-state index in [0.29, 0.717) is 20.6 Å². The first-order valence-corrected chi connectivity index (χ1v) is 17.4. The zero-order valence-electron chi connectivity index (χ0n) is 20.7. The summed E-state index contributed by atoms with van der Waals surface area (Å²) in [7, 11) is 9.41. The molecule has 0 fully saturated rings. The Bertz CT molecular complexity index is 524. The van der Waals surface area contributed by atoms with E-state index in [1.165, 1.54) is 12.3 Å². The van der Waals surface area contributed by atoms with Gasteiger partial charge in [-0.3, -0.25) is 0 Å². The molecule has 0 heterocycles. The van der Waals surface area contributed by atoms with E-state index in [1.54, 1.807) is 11.1 Å². The topological polar surface area (TPSA) is 0 Å². The molecule has 0 aliphatic rings. The molecule has 0 aliphatic heterocycles. The Kier molecular flexibility index (Phi) is 12.5. The first-order valence-electron chi connectivity index (χ1n) is 10.3. The zero-order valence-corrected chi connectivity index (χ0v) is 25.5. The minimum absolute atomic E-state index is 0.106. The molecule has 1 aromatic rings. The molecule has 1 aromatic carbocycles. The van der Waals surface area contributed by atoms with Crippen LogP contribution in [0.25, 0.3) is 0 Å². The molecule has 0 aliphatic carbocycles. The quantitative estimate of drug-likeness (QED) is 0.249. The van der Waals surface area contributed by atoms with Crippen LogP contribution in [0, 0.1) is 0 Å². The summed E-state index contributed by atoms with van der Waals surface area (Å²) in [6.07, 6.45) is 2.49. The van der Waals surface area contributed by atoms with Crippen LogP contribution in [0.4, 0.5) is 0 Å². The van der Waals surface area contributed by atoms with Gasteiger partial charge in [0.15, 0.2) is 0 Å². The van der Waals surface area contributed by atoms with Crippen LogP contribution >= 0.6 is 34.9 Å². The Labute approximate surface area is 201 Å². The van der Waals surface area contributed by atoms with Crippen molar-refractivity contribution in [2.75, 3.05) is 0 Å². The van der Waals surface area contributed by atoms with Crippen LogP contribution in [0.15, 0.2) is 24.3 Å². The molecule has 0 nitrogen and oxygen atoms in total. The molecular formula is C24H44Cl2P2Pd. The predicted molar refractivity (Wildman–Crippen MR) is 138 cm³/mol. The van der Waals surface area contributed by atoms with Gasteiger partial charge >= 0.3 is 35.0 Å². The summed E-state index contributed by atoms with van der Waals surface area (Å²) in [4.78, 5) is 0. The van der Waals surface area contributed by atoms with Gasteiger partial charge in [-0.1, -0.05) is 123 Å². The molecule has 1 rings (SSSR count). The Morgan fingerprint density at radius 3 is 0.966 bits per heavy atom. The third-order valence-corrected chi connectivity index (χ3v) is 12.8. The molecule has 0 radical (unpaired) electrons. The number of halogens is 2. The maximum atomic E-state index is 4.81. The van der Waals surface area contributed by atoms with Gasteiger partial charge in [-0.2, -0.15) is 0 Å². The Morgan fingerprint density at radius 2 is 0.793 bits per heavy atom. The second-order valence-electron chi connectivity index (χ2n) is 11.7. The van der Waals surface area contributed by atoms with Crippen molar-refractivity contribution in [3.05, 3.63) is 35.4 Å². The normalized spacial score (nSPS) is 13.7. The summed E-state index contributed by atoms with van der Waals surface area (Å²) in [6.45, 7) is 29.2. The molecule has 0 amide bonds. The molecular weight excluding hydrogens is 528 g/mol. The maximum absolute atomic E-state index is 4.81. The molecule has 0 saturated carbocycles. The van der Waals surface area contributed by atoms with Gasteiger partial charge in [0.25, 0.3) is 0 Å².